The number of benzene rings is 1. The average Bonchev–Trinajstić information content (AvgIpc) is 2.39. The number of sulfonamides is 1. The largest absolute Gasteiger partial charge is 0.381 e. The molecule has 0 aliphatic carbocycles. The molecule has 18 heavy (non-hydrogen) atoms. The van der Waals surface area contributed by atoms with Crippen LogP contribution in [0.1, 0.15) is 18.4 Å². The van der Waals surface area contributed by atoms with Gasteiger partial charge in [0.2, 0.25) is 10.0 Å². The van der Waals surface area contributed by atoms with E-state index in [4.69, 9.17) is 10.5 Å². The predicted molar refractivity (Wildman–Crippen MR) is 70.7 cm³/mol. The molecule has 0 spiro atoms. The summed E-state index contributed by atoms with van der Waals surface area (Å²) in [5.41, 5.74) is 7.01. The minimum atomic E-state index is -3.33. The summed E-state index contributed by atoms with van der Waals surface area (Å²) >= 11 is 0. The van der Waals surface area contributed by atoms with E-state index in [1.807, 2.05) is 6.07 Å². The van der Waals surface area contributed by atoms with E-state index < -0.39 is 10.0 Å². The van der Waals surface area contributed by atoms with Crippen LogP contribution in [-0.4, -0.2) is 26.9 Å². The summed E-state index contributed by atoms with van der Waals surface area (Å²) in [6.45, 7) is 1.41. The van der Waals surface area contributed by atoms with Crippen LogP contribution in [0.4, 0.5) is 5.69 Å². The lowest BCUT2D eigenvalue weighted by Crippen LogP contribution is -2.33. The van der Waals surface area contributed by atoms with E-state index in [-0.39, 0.29) is 5.25 Å². The van der Waals surface area contributed by atoms with Crippen molar-refractivity contribution in [3.63, 3.8) is 0 Å². The molecule has 0 atom stereocenters. The van der Waals surface area contributed by atoms with E-state index in [1.165, 1.54) is 0 Å². The molecular weight excluding hydrogens is 252 g/mol. The van der Waals surface area contributed by atoms with Gasteiger partial charge >= 0.3 is 0 Å². The van der Waals surface area contributed by atoms with Crippen molar-refractivity contribution in [2.45, 2.75) is 24.6 Å². The first-order chi connectivity index (χ1) is 8.62. The summed E-state index contributed by atoms with van der Waals surface area (Å²) in [6, 6.07) is 7.16. The van der Waals surface area contributed by atoms with E-state index >= 15 is 0 Å². The zero-order valence-electron chi connectivity index (χ0n) is 10.1. The van der Waals surface area contributed by atoms with E-state index in [9.17, 15) is 8.42 Å². The molecule has 1 saturated heterocycles. The van der Waals surface area contributed by atoms with Gasteiger partial charge in [-0.15, -0.1) is 0 Å². The van der Waals surface area contributed by atoms with Crippen molar-refractivity contribution >= 4 is 15.7 Å². The first-order valence-corrected chi connectivity index (χ1v) is 7.55. The SMILES string of the molecule is NCc1cccc(NS(=O)(=O)C2CCOCC2)c1. The van der Waals surface area contributed by atoms with Crippen LogP contribution in [0.25, 0.3) is 0 Å². The van der Waals surface area contributed by atoms with Crippen molar-refractivity contribution in [2.75, 3.05) is 17.9 Å². The first kappa shape index (κ1) is 13.3. The lowest BCUT2D eigenvalue weighted by Gasteiger charge is -2.22. The Balaban J connectivity index is 2.11. The standard InChI is InChI=1S/C12H18N2O3S/c13-9-10-2-1-3-11(8-10)14-18(15,16)12-4-6-17-7-5-12/h1-3,8,12,14H,4-7,9,13H2. The maximum absolute atomic E-state index is 12.2. The van der Waals surface area contributed by atoms with Crippen LogP contribution in [0.2, 0.25) is 0 Å². The molecule has 1 heterocycles. The molecule has 0 aromatic heterocycles. The first-order valence-electron chi connectivity index (χ1n) is 6.00. The van der Waals surface area contributed by atoms with Gasteiger partial charge in [0.25, 0.3) is 0 Å². The summed E-state index contributed by atoms with van der Waals surface area (Å²) < 4.78 is 32.1. The molecule has 1 aromatic rings. The van der Waals surface area contributed by atoms with Gasteiger partial charge < -0.3 is 10.5 Å². The maximum Gasteiger partial charge on any atom is 0.235 e. The molecule has 5 nitrogen and oxygen atoms in total. The zero-order valence-corrected chi connectivity index (χ0v) is 10.9. The van der Waals surface area contributed by atoms with E-state index in [0.29, 0.717) is 38.3 Å². The quantitative estimate of drug-likeness (QED) is 0.857. The second-order valence-corrected chi connectivity index (χ2v) is 6.32. The zero-order chi connectivity index (χ0) is 13.0. The van der Waals surface area contributed by atoms with Gasteiger partial charge in [-0.2, -0.15) is 0 Å². The number of ether oxygens (including phenoxy) is 1. The molecule has 3 N–H and O–H groups in total. The second-order valence-electron chi connectivity index (χ2n) is 4.36. The molecule has 0 saturated carbocycles. The van der Waals surface area contributed by atoms with Crippen LogP contribution < -0.4 is 10.5 Å². The normalized spacial score (nSPS) is 17.6. The van der Waals surface area contributed by atoms with Crippen molar-refractivity contribution in [2.24, 2.45) is 5.73 Å². The van der Waals surface area contributed by atoms with Crippen molar-refractivity contribution in [3.8, 4) is 0 Å². The third-order valence-electron chi connectivity index (χ3n) is 3.03. The number of hydrogen-bond acceptors (Lipinski definition) is 4. The number of nitrogens with one attached hydrogen (secondary N) is 1. The third-order valence-corrected chi connectivity index (χ3v) is 4.90. The van der Waals surface area contributed by atoms with Crippen molar-refractivity contribution in [3.05, 3.63) is 29.8 Å². The maximum atomic E-state index is 12.2. The van der Waals surface area contributed by atoms with E-state index in [1.54, 1.807) is 18.2 Å². The van der Waals surface area contributed by atoms with Gasteiger partial charge in [-0.05, 0) is 30.5 Å². The van der Waals surface area contributed by atoms with Crippen LogP contribution in [0, 0.1) is 0 Å². The summed E-state index contributed by atoms with van der Waals surface area (Å²) in [7, 11) is -3.33. The third kappa shape index (κ3) is 3.22. The highest BCUT2D eigenvalue weighted by Gasteiger charge is 2.27. The van der Waals surface area contributed by atoms with E-state index in [0.717, 1.165) is 5.56 Å². The number of rotatable bonds is 4. The van der Waals surface area contributed by atoms with Crippen LogP contribution in [0.15, 0.2) is 24.3 Å². The Morgan fingerprint density at radius 1 is 1.33 bits per heavy atom. The molecule has 1 aliphatic heterocycles. The smallest absolute Gasteiger partial charge is 0.235 e. The Labute approximate surface area is 107 Å². The molecule has 6 heteroatoms. The summed E-state index contributed by atoms with van der Waals surface area (Å²) in [4.78, 5) is 0. The summed E-state index contributed by atoms with van der Waals surface area (Å²) in [5.74, 6) is 0. The molecule has 0 radical (unpaired) electrons. The molecule has 1 aliphatic rings. The Morgan fingerprint density at radius 3 is 2.72 bits per heavy atom. The second kappa shape index (κ2) is 5.69. The summed E-state index contributed by atoms with van der Waals surface area (Å²) in [5, 5.41) is -0.368. The van der Waals surface area contributed by atoms with Crippen LogP contribution in [-0.2, 0) is 21.3 Å². The molecule has 100 valence electrons. The van der Waals surface area contributed by atoms with Gasteiger partial charge in [0, 0.05) is 25.4 Å². The molecular formula is C12H18N2O3S. The van der Waals surface area contributed by atoms with E-state index in [2.05, 4.69) is 4.72 Å². The van der Waals surface area contributed by atoms with Crippen LogP contribution >= 0.6 is 0 Å². The molecule has 1 fully saturated rings. The van der Waals surface area contributed by atoms with Crippen LogP contribution in [0.5, 0.6) is 0 Å². The van der Waals surface area contributed by atoms with Crippen molar-refractivity contribution < 1.29 is 13.2 Å². The topological polar surface area (TPSA) is 81.4 Å². The lowest BCUT2D eigenvalue weighted by molar-refractivity contribution is 0.0984. The predicted octanol–water partition coefficient (Wildman–Crippen LogP) is 1.07. The number of anilines is 1. The minimum Gasteiger partial charge on any atom is -0.381 e. The Hall–Kier alpha value is -1.11. The monoisotopic (exact) mass is 270 g/mol. The molecule has 0 unspecified atom stereocenters. The fraction of sp³-hybridized carbons (Fsp3) is 0.500. The van der Waals surface area contributed by atoms with Gasteiger partial charge in [0.05, 0.1) is 5.25 Å². The van der Waals surface area contributed by atoms with Gasteiger partial charge in [-0.3, -0.25) is 4.72 Å². The van der Waals surface area contributed by atoms with Gasteiger partial charge in [0.15, 0.2) is 0 Å². The number of hydrogen-bond donors (Lipinski definition) is 2. The van der Waals surface area contributed by atoms with Gasteiger partial charge in [-0.25, -0.2) is 8.42 Å². The van der Waals surface area contributed by atoms with Crippen molar-refractivity contribution in [1.29, 1.82) is 0 Å². The molecule has 1 aromatic carbocycles. The summed E-state index contributed by atoms with van der Waals surface area (Å²) in [6.07, 6.45) is 1.10. The highest BCUT2D eigenvalue weighted by molar-refractivity contribution is 7.93. The highest BCUT2D eigenvalue weighted by atomic mass is 32.2. The lowest BCUT2D eigenvalue weighted by atomic mass is 10.2. The van der Waals surface area contributed by atoms with Gasteiger partial charge in [0.1, 0.15) is 0 Å². The fourth-order valence-electron chi connectivity index (χ4n) is 2.00. The van der Waals surface area contributed by atoms with Crippen molar-refractivity contribution in [1.82, 2.24) is 0 Å². The minimum absolute atomic E-state index is 0.368. The average molecular weight is 270 g/mol. The number of nitrogens with two attached hydrogens (primary N) is 1. The van der Waals surface area contributed by atoms with Crippen LogP contribution in [0.3, 0.4) is 0 Å². The molecule has 2 rings (SSSR count). The fourth-order valence-corrected chi connectivity index (χ4v) is 3.43. The highest BCUT2D eigenvalue weighted by Crippen LogP contribution is 2.19. The Morgan fingerprint density at radius 2 is 2.06 bits per heavy atom. The Kier molecular flexibility index (Phi) is 4.21. The molecule has 0 amide bonds. The Bertz CT molecular complexity index is 496. The van der Waals surface area contributed by atoms with Gasteiger partial charge in [-0.1, -0.05) is 12.1 Å². The molecule has 0 bridgehead atoms.